The van der Waals surface area contributed by atoms with Gasteiger partial charge in [-0.1, -0.05) is 12.1 Å². The van der Waals surface area contributed by atoms with Gasteiger partial charge >= 0.3 is 0 Å². The molecule has 1 aliphatic rings. The lowest BCUT2D eigenvalue weighted by Gasteiger charge is -2.41. The van der Waals surface area contributed by atoms with Crippen molar-refractivity contribution in [3.05, 3.63) is 95.1 Å². The molecule has 1 heterocycles. The van der Waals surface area contributed by atoms with Crippen LogP contribution in [0.4, 0.5) is 28.9 Å². The van der Waals surface area contributed by atoms with Crippen LogP contribution in [0.3, 0.4) is 0 Å². The van der Waals surface area contributed by atoms with Crippen LogP contribution in [0.2, 0.25) is 0 Å². The summed E-state index contributed by atoms with van der Waals surface area (Å²) in [5.74, 6) is -5.00. The number of benzene rings is 3. The van der Waals surface area contributed by atoms with Gasteiger partial charge in [0.1, 0.15) is 23.3 Å². The molecule has 1 unspecified atom stereocenters. The van der Waals surface area contributed by atoms with Gasteiger partial charge in [0.15, 0.2) is 0 Å². The van der Waals surface area contributed by atoms with Crippen LogP contribution in [-0.4, -0.2) is 24.4 Å². The van der Waals surface area contributed by atoms with Crippen LogP contribution in [0, 0.1) is 23.3 Å². The number of carbonyl (C=O) groups excluding carboxylic acids is 2. The number of fused-ring (bicyclic) bond motifs is 1. The zero-order valence-corrected chi connectivity index (χ0v) is 16.3. The topological polar surface area (TPSA) is 40.6 Å². The van der Waals surface area contributed by atoms with Crippen LogP contribution in [-0.2, 0) is 0 Å². The Bertz CT molecular complexity index is 1200. The van der Waals surface area contributed by atoms with Crippen LogP contribution < -0.4 is 9.80 Å². The average molecular weight is 428 g/mol. The molecule has 0 N–H and O–H groups in total. The highest BCUT2D eigenvalue weighted by molar-refractivity contribution is 6.14. The summed E-state index contributed by atoms with van der Waals surface area (Å²) in [7, 11) is 0. The number of para-hydroxylation sites is 2. The van der Waals surface area contributed by atoms with E-state index >= 15 is 0 Å². The Morgan fingerprint density at radius 2 is 1.29 bits per heavy atom. The predicted molar refractivity (Wildman–Crippen MR) is 107 cm³/mol. The number of hydrogen-bond donors (Lipinski definition) is 0. The molecule has 158 valence electrons. The zero-order chi connectivity index (χ0) is 22.3. The fraction of sp³-hybridized carbons (Fsp3) is 0.130. The normalized spacial score (nSPS) is 15.6. The molecule has 0 saturated carbocycles. The Morgan fingerprint density at radius 1 is 0.774 bits per heavy atom. The first-order valence-corrected chi connectivity index (χ1v) is 9.42. The van der Waals surface area contributed by atoms with Gasteiger partial charge in [0.2, 0.25) is 0 Å². The Hall–Kier alpha value is -3.68. The molecule has 8 heteroatoms. The molecular formula is C23H16F4N2O2. The first-order chi connectivity index (χ1) is 14.8. The fourth-order valence-electron chi connectivity index (χ4n) is 3.68. The molecule has 2 amide bonds. The van der Waals surface area contributed by atoms with Crippen molar-refractivity contribution in [1.82, 2.24) is 0 Å². The zero-order valence-electron chi connectivity index (χ0n) is 16.3. The SMILES string of the molecule is CC1CN(C(=O)c2ccc(F)cc2F)c2ccccc2N1C(=O)c1ccc(F)cc1F. The second-order valence-corrected chi connectivity index (χ2v) is 7.18. The molecule has 31 heavy (non-hydrogen) atoms. The largest absolute Gasteiger partial charge is 0.304 e. The minimum atomic E-state index is -0.999. The van der Waals surface area contributed by atoms with Gasteiger partial charge in [0.05, 0.1) is 28.5 Å². The molecule has 0 spiro atoms. The molecule has 0 aliphatic carbocycles. The Labute approximate surface area is 175 Å². The summed E-state index contributed by atoms with van der Waals surface area (Å²) in [6.45, 7) is 1.64. The van der Waals surface area contributed by atoms with E-state index in [2.05, 4.69) is 0 Å². The Morgan fingerprint density at radius 3 is 1.84 bits per heavy atom. The van der Waals surface area contributed by atoms with Gasteiger partial charge in [0, 0.05) is 18.7 Å². The number of rotatable bonds is 2. The lowest BCUT2D eigenvalue weighted by atomic mass is 10.0. The Kier molecular flexibility index (Phi) is 5.22. The van der Waals surface area contributed by atoms with Gasteiger partial charge < -0.3 is 9.80 Å². The van der Waals surface area contributed by atoms with E-state index < -0.39 is 41.1 Å². The van der Waals surface area contributed by atoms with E-state index in [1.165, 1.54) is 9.80 Å². The third-order valence-corrected chi connectivity index (χ3v) is 5.11. The van der Waals surface area contributed by atoms with E-state index in [1.807, 2.05) is 0 Å². The monoisotopic (exact) mass is 428 g/mol. The molecular weight excluding hydrogens is 412 g/mol. The number of carbonyl (C=O) groups is 2. The van der Waals surface area contributed by atoms with Crippen molar-refractivity contribution in [2.45, 2.75) is 13.0 Å². The third kappa shape index (κ3) is 3.65. The van der Waals surface area contributed by atoms with Gasteiger partial charge in [-0.3, -0.25) is 9.59 Å². The lowest BCUT2D eigenvalue weighted by molar-refractivity contribution is 0.0948. The number of hydrogen-bond acceptors (Lipinski definition) is 2. The van der Waals surface area contributed by atoms with E-state index in [4.69, 9.17) is 0 Å². The summed E-state index contributed by atoms with van der Waals surface area (Å²) in [5, 5.41) is 0. The summed E-state index contributed by atoms with van der Waals surface area (Å²) in [5.41, 5.74) is -0.00351. The molecule has 0 radical (unpaired) electrons. The van der Waals surface area contributed by atoms with Crippen molar-refractivity contribution in [3.8, 4) is 0 Å². The van der Waals surface area contributed by atoms with Crippen LogP contribution in [0.5, 0.6) is 0 Å². The Balaban J connectivity index is 1.76. The third-order valence-electron chi connectivity index (χ3n) is 5.11. The number of halogens is 4. The van der Waals surface area contributed by atoms with E-state index in [9.17, 15) is 27.2 Å². The fourth-order valence-corrected chi connectivity index (χ4v) is 3.68. The molecule has 0 aromatic heterocycles. The minimum Gasteiger partial charge on any atom is -0.304 e. The van der Waals surface area contributed by atoms with Gasteiger partial charge in [0.25, 0.3) is 11.8 Å². The number of amides is 2. The summed E-state index contributed by atoms with van der Waals surface area (Å²) in [6.07, 6.45) is 0. The number of anilines is 2. The van der Waals surface area contributed by atoms with Crippen LogP contribution in [0.15, 0.2) is 60.7 Å². The van der Waals surface area contributed by atoms with Crippen molar-refractivity contribution in [2.75, 3.05) is 16.3 Å². The second-order valence-electron chi connectivity index (χ2n) is 7.18. The van der Waals surface area contributed by atoms with E-state index in [0.717, 1.165) is 24.3 Å². The summed E-state index contributed by atoms with van der Waals surface area (Å²) in [4.78, 5) is 28.7. The maximum absolute atomic E-state index is 14.2. The van der Waals surface area contributed by atoms with Crippen molar-refractivity contribution in [3.63, 3.8) is 0 Å². The van der Waals surface area contributed by atoms with Crippen molar-refractivity contribution >= 4 is 23.2 Å². The maximum Gasteiger partial charge on any atom is 0.261 e. The molecule has 3 aromatic carbocycles. The highest BCUT2D eigenvalue weighted by atomic mass is 19.1. The van der Waals surface area contributed by atoms with Gasteiger partial charge in [-0.25, -0.2) is 17.6 Å². The van der Waals surface area contributed by atoms with Crippen LogP contribution in [0.1, 0.15) is 27.6 Å². The van der Waals surface area contributed by atoms with Crippen molar-refractivity contribution < 1.29 is 27.2 Å². The number of nitrogens with zero attached hydrogens (tertiary/aromatic N) is 2. The highest BCUT2D eigenvalue weighted by Crippen LogP contribution is 2.37. The first kappa shape index (κ1) is 20.6. The van der Waals surface area contributed by atoms with Crippen LogP contribution >= 0.6 is 0 Å². The summed E-state index contributed by atoms with van der Waals surface area (Å²) in [6, 6.07) is 11.2. The van der Waals surface area contributed by atoms with E-state index in [0.29, 0.717) is 23.5 Å². The smallest absolute Gasteiger partial charge is 0.261 e. The van der Waals surface area contributed by atoms with Crippen LogP contribution in [0.25, 0.3) is 0 Å². The maximum atomic E-state index is 14.2. The van der Waals surface area contributed by atoms with Gasteiger partial charge in [-0.2, -0.15) is 0 Å². The lowest BCUT2D eigenvalue weighted by Crippen LogP contribution is -2.52. The van der Waals surface area contributed by atoms with Gasteiger partial charge in [-0.05, 0) is 43.3 Å². The van der Waals surface area contributed by atoms with Crippen molar-refractivity contribution in [2.24, 2.45) is 0 Å². The van der Waals surface area contributed by atoms with E-state index in [1.54, 1.807) is 31.2 Å². The summed E-state index contributed by atoms with van der Waals surface area (Å²) >= 11 is 0. The predicted octanol–water partition coefficient (Wildman–Crippen LogP) is 4.94. The molecule has 0 saturated heterocycles. The molecule has 4 rings (SSSR count). The standard InChI is InChI=1S/C23H16F4N2O2/c1-13-12-28(22(30)16-8-6-14(24)10-18(16)26)20-4-2-3-5-21(20)29(13)23(31)17-9-7-15(25)11-19(17)27/h2-11,13H,12H2,1H3. The molecule has 1 aliphatic heterocycles. The molecule has 4 nitrogen and oxygen atoms in total. The average Bonchev–Trinajstić information content (AvgIpc) is 2.72. The van der Waals surface area contributed by atoms with E-state index in [-0.39, 0.29) is 17.7 Å². The molecule has 0 fully saturated rings. The molecule has 0 bridgehead atoms. The van der Waals surface area contributed by atoms with Crippen molar-refractivity contribution in [1.29, 1.82) is 0 Å². The minimum absolute atomic E-state index is 0.0127. The van der Waals surface area contributed by atoms with Gasteiger partial charge in [-0.15, -0.1) is 0 Å². The summed E-state index contributed by atoms with van der Waals surface area (Å²) < 4.78 is 55.0. The quantitative estimate of drug-likeness (QED) is 0.543. The first-order valence-electron chi connectivity index (χ1n) is 9.42. The second kappa shape index (κ2) is 7.86. The molecule has 1 atom stereocenters. The highest BCUT2D eigenvalue weighted by Gasteiger charge is 2.36. The molecule has 3 aromatic rings.